The highest BCUT2D eigenvalue weighted by Crippen LogP contribution is 2.52. The lowest BCUT2D eigenvalue weighted by Gasteiger charge is -2.46. The van der Waals surface area contributed by atoms with Gasteiger partial charge in [0.25, 0.3) is 0 Å². The van der Waals surface area contributed by atoms with E-state index in [-0.39, 0.29) is 53.0 Å². The van der Waals surface area contributed by atoms with Gasteiger partial charge in [-0.05, 0) is 56.6 Å². The smallest absolute Gasteiger partial charge is 0.319 e. The summed E-state index contributed by atoms with van der Waals surface area (Å²) in [4.78, 5) is 18.2. The van der Waals surface area contributed by atoms with Gasteiger partial charge in [0.15, 0.2) is 5.82 Å². The van der Waals surface area contributed by atoms with Crippen LogP contribution in [0, 0.1) is 17.6 Å². The number of aromatic hydroxyl groups is 1. The third-order valence-corrected chi connectivity index (χ3v) is 10.3. The largest absolute Gasteiger partial charge is 0.508 e. The Balaban J connectivity index is 1.24. The van der Waals surface area contributed by atoms with Gasteiger partial charge in [0.1, 0.15) is 41.4 Å². The van der Waals surface area contributed by atoms with Crippen LogP contribution in [0.15, 0.2) is 18.3 Å². The van der Waals surface area contributed by atoms with Crippen molar-refractivity contribution in [2.45, 2.75) is 75.2 Å². The maximum atomic E-state index is 16.6. The highest BCUT2D eigenvalue weighted by atomic mass is 19.1. The Bertz CT molecular complexity index is 1570. The summed E-state index contributed by atoms with van der Waals surface area (Å²) in [7, 11) is 0. The van der Waals surface area contributed by atoms with E-state index in [2.05, 4.69) is 25.1 Å². The van der Waals surface area contributed by atoms with Gasteiger partial charge in [-0.25, -0.2) is 13.2 Å². The van der Waals surface area contributed by atoms with Gasteiger partial charge in [0.05, 0.1) is 10.9 Å². The Labute approximate surface area is 242 Å². The molecule has 3 aromatic rings. The number of nitrogens with one attached hydrogen (secondary N) is 1. The molecule has 0 spiro atoms. The molecule has 0 radical (unpaired) electrons. The van der Waals surface area contributed by atoms with E-state index in [0.29, 0.717) is 35.8 Å². The van der Waals surface area contributed by atoms with E-state index in [1.807, 2.05) is 6.92 Å². The van der Waals surface area contributed by atoms with Crippen molar-refractivity contribution >= 4 is 16.7 Å². The summed E-state index contributed by atoms with van der Waals surface area (Å²) >= 11 is 0. The number of phenolic OH excluding ortho intramolecular Hbond substituents is 1. The Morgan fingerprint density at radius 3 is 2.79 bits per heavy atom. The summed E-state index contributed by atoms with van der Waals surface area (Å²) in [5, 5.41) is 14.3. The SMILES string of the molecule is C[C@@H]1C[C@@H]1c1c(F)cc(O)cc1-c1ncc2c(N3CC4CCC3CN4)nc(OC[C@@]34CCCN3C[C@H](F)C4)nc2c1F. The summed E-state index contributed by atoms with van der Waals surface area (Å²) in [5.74, 6) is -0.782. The first-order chi connectivity index (χ1) is 20.3. The average molecular weight is 581 g/mol. The Morgan fingerprint density at radius 2 is 2.05 bits per heavy atom. The molecule has 2 unspecified atom stereocenters. The molecular weight excluding hydrogens is 545 g/mol. The lowest BCUT2D eigenvalue weighted by molar-refractivity contribution is 0.107. The number of halogens is 3. The highest BCUT2D eigenvalue weighted by Gasteiger charge is 2.49. The number of piperidine rings is 2. The Kier molecular flexibility index (Phi) is 6.09. The molecule has 5 saturated heterocycles. The molecule has 2 N–H and O–H groups in total. The predicted molar refractivity (Wildman–Crippen MR) is 152 cm³/mol. The van der Waals surface area contributed by atoms with Gasteiger partial charge in [0.2, 0.25) is 0 Å². The standard InChI is InChI=1S/C31H35F3N6O2/c1-16-7-21(16)25-22(8-20(41)9-24(25)33)27-26(34)28-23(12-36-27)29(40-14-18-3-4-19(40)11-35-18)38-30(37-28)42-15-31-5-2-6-39(31)13-17(32)10-31/h8-9,12,16-19,21,35,41H,2-7,10-11,13-15H2,1H3/t16-,17-,18?,19?,21+,31+/m1/s1. The van der Waals surface area contributed by atoms with Gasteiger partial charge in [-0.3, -0.25) is 9.88 Å². The molecule has 2 aromatic heterocycles. The zero-order chi connectivity index (χ0) is 28.7. The van der Waals surface area contributed by atoms with Crippen molar-refractivity contribution in [1.29, 1.82) is 0 Å². The van der Waals surface area contributed by atoms with Crippen LogP contribution in [-0.2, 0) is 0 Å². The molecule has 6 fully saturated rings. The monoisotopic (exact) mass is 580 g/mol. The average Bonchev–Trinajstić information content (AvgIpc) is 3.42. The molecule has 6 atom stereocenters. The fourth-order valence-electron chi connectivity index (χ4n) is 8.01. The molecule has 1 aromatic carbocycles. The van der Waals surface area contributed by atoms with Crippen LogP contribution < -0.4 is 15.0 Å². The van der Waals surface area contributed by atoms with Crippen molar-refractivity contribution in [1.82, 2.24) is 25.2 Å². The molecule has 8 nitrogen and oxygen atoms in total. The third kappa shape index (κ3) is 4.22. The highest BCUT2D eigenvalue weighted by molar-refractivity contribution is 5.92. The molecule has 222 valence electrons. The Hall–Kier alpha value is -3.18. The molecule has 2 bridgehead atoms. The predicted octanol–water partition coefficient (Wildman–Crippen LogP) is 4.69. The normalized spacial score (nSPS) is 32.1. The first-order valence-electron chi connectivity index (χ1n) is 15.2. The number of hydrogen-bond donors (Lipinski definition) is 2. The van der Waals surface area contributed by atoms with Crippen LogP contribution in [0.25, 0.3) is 22.2 Å². The van der Waals surface area contributed by atoms with Crippen molar-refractivity contribution in [2.75, 3.05) is 37.7 Å². The molecular formula is C31H35F3N6O2. The molecule has 6 aliphatic rings. The molecule has 11 heteroatoms. The van der Waals surface area contributed by atoms with Gasteiger partial charge >= 0.3 is 6.01 Å². The molecule has 7 heterocycles. The van der Waals surface area contributed by atoms with E-state index in [0.717, 1.165) is 57.8 Å². The molecule has 5 aliphatic heterocycles. The van der Waals surface area contributed by atoms with Crippen LogP contribution in [0.2, 0.25) is 0 Å². The second kappa shape index (κ2) is 9.67. The van der Waals surface area contributed by atoms with Gasteiger partial charge in [-0.15, -0.1) is 0 Å². The number of anilines is 1. The number of rotatable bonds is 6. The number of nitrogens with zero attached hydrogens (tertiary/aromatic N) is 5. The van der Waals surface area contributed by atoms with Crippen molar-refractivity contribution < 1.29 is 23.0 Å². The zero-order valence-electron chi connectivity index (χ0n) is 23.6. The van der Waals surface area contributed by atoms with Crippen LogP contribution in [0.1, 0.15) is 56.9 Å². The number of fused-ring (bicyclic) bond motifs is 5. The van der Waals surface area contributed by atoms with E-state index >= 15 is 8.78 Å². The number of benzene rings is 1. The van der Waals surface area contributed by atoms with Crippen LogP contribution in [0.4, 0.5) is 19.0 Å². The maximum absolute atomic E-state index is 16.6. The number of pyridine rings is 1. The third-order valence-electron chi connectivity index (χ3n) is 10.3. The number of phenols is 1. The zero-order valence-corrected chi connectivity index (χ0v) is 23.6. The first kappa shape index (κ1) is 26.4. The van der Waals surface area contributed by atoms with E-state index in [4.69, 9.17) is 9.72 Å². The second-order valence-corrected chi connectivity index (χ2v) is 13.1. The number of alkyl halides is 1. The van der Waals surface area contributed by atoms with E-state index < -0.39 is 23.3 Å². The van der Waals surface area contributed by atoms with E-state index in [1.54, 1.807) is 6.20 Å². The van der Waals surface area contributed by atoms with Crippen molar-refractivity contribution in [3.63, 3.8) is 0 Å². The quantitative estimate of drug-likeness (QED) is 0.434. The van der Waals surface area contributed by atoms with Crippen LogP contribution >= 0.6 is 0 Å². The minimum absolute atomic E-state index is 0.0449. The van der Waals surface area contributed by atoms with Crippen LogP contribution in [-0.4, -0.2) is 81.5 Å². The minimum Gasteiger partial charge on any atom is -0.508 e. The molecule has 9 rings (SSSR count). The lowest BCUT2D eigenvalue weighted by Crippen LogP contribution is -2.61. The fourth-order valence-corrected chi connectivity index (χ4v) is 8.01. The van der Waals surface area contributed by atoms with Crippen molar-refractivity contribution in [3.8, 4) is 23.0 Å². The van der Waals surface area contributed by atoms with Crippen LogP contribution in [0.3, 0.4) is 0 Å². The number of ether oxygens (including phenoxy) is 1. The first-order valence-corrected chi connectivity index (χ1v) is 15.2. The van der Waals surface area contributed by atoms with Gasteiger partial charge in [-0.2, -0.15) is 9.97 Å². The van der Waals surface area contributed by atoms with Crippen molar-refractivity contribution in [3.05, 3.63) is 35.5 Å². The van der Waals surface area contributed by atoms with Crippen molar-refractivity contribution in [2.24, 2.45) is 5.92 Å². The molecule has 1 saturated carbocycles. The Morgan fingerprint density at radius 1 is 1.19 bits per heavy atom. The maximum Gasteiger partial charge on any atom is 0.319 e. The summed E-state index contributed by atoms with van der Waals surface area (Å²) in [6.45, 7) is 5.03. The topological polar surface area (TPSA) is 86.6 Å². The number of hydrogen-bond acceptors (Lipinski definition) is 8. The summed E-state index contributed by atoms with van der Waals surface area (Å²) in [6, 6.07) is 3.01. The molecule has 1 aliphatic carbocycles. The summed E-state index contributed by atoms with van der Waals surface area (Å²) < 4.78 is 52.4. The van der Waals surface area contributed by atoms with Crippen LogP contribution in [0.5, 0.6) is 11.8 Å². The fraction of sp³-hybridized carbons (Fsp3) is 0.581. The summed E-state index contributed by atoms with van der Waals surface area (Å²) in [6.07, 6.45) is 5.75. The summed E-state index contributed by atoms with van der Waals surface area (Å²) in [5.41, 5.74) is 0.205. The number of piperazine rings is 1. The molecule has 42 heavy (non-hydrogen) atoms. The van der Waals surface area contributed by atoms with E-state index in [1.165, 1.54) is 6.07 Å². The molecule has 0 amide bonds. The number of aromatic nitrogens is 3. The second-order valence-electron chi connectivity index (χ2n) is 13.1. The minimum atomic E-state index is -0.893. The van der Waals surface area contributed by atoms with Gasteiger partial charge in [0, 0.05) is 61.5 Å². The van der Waals surface area contributed by atoms with Gasteiger partial charge in [-0.1, -0.05) is 6.92 Å². The van der Waals surface area contributed by atoms with Gasteiger partial charge < -0.3 is 20.1 Å². The van der Waals surface area contributed by atoms with E-state index in [9.17, 15) is 9.50 Å². The lowest BCUT2D eigenvalue weighted by atomic mass is 9.92.